The van der Waals surface area contributed by atoms with E-state index in [0.29, 0.717) is 39.6 Å². The smallest absolute Gasteiger partial charge is 0.255 e. The second-order valence-corrected chi connectivity index (χ2v) is 33.4. The third-order valence-corrected chi connectivity index (χ3v) is 18.7. The van der Waals surface area contributed by atoms with E-state index in [0.717, 1.165) is 57.0 Å². The number of thioether (sulfide) groups is 1. The third-order valence-electron chi connectivity index (χ3n) is 13.9. The summed E-state index contributed by atoms with van der Waals surface area (Å²) in [5.41, 5.74) is 21.4. The highest BCUT2D eigenvalue weighted by atomic mass is 32.2. The maximum absolute atomic E-state index is 13.6. The number of anilines is 6. The Balaban J connectivity index is 0.000000251. The number of imidazole rings is 2. The second kappa shape index (κ2) is 25.0. The molecule has 2 amide bonds. The molecular weight excluding hydrogens is 1210 g/mol. The summed E-state index contributed by atoms with van der Waals surface area (Å²) in [5, 5.41) is 10.2. The Bertz CT molecular complexity index is 4110. The Morgan fingerprint density at radius 2 is 0.943 bits per heavy atom. The number of sulfone groups is 1. The van der Waals surface area contributed by atoms with Crippen molar-refractivity contribution in [3.63, 3.8) is 0 Å². The van der Waals surface area contributed by atoms with Gasteiger partial charge < -0.3 is 29.2 Å². The maximum Gasteiger partial charge on any atom is 0.255 e. The fraction of sp³-hybridized carbons (Fsp3) is 0.400. The molecule has 6 aromatic rings. The molecule has 0 fully saturated rings. The highest BCUT2D eigenvalue weighted by Gasteiger charge is 2.36. The Morgan fingerprint density at radius 1 is 0.557 bits per heavy atom. The number of hydrazine groups is 4. The topological polar surface area (TPSA) is 293 Å². The molecule has 0 atom stereocenters. The first kappa shape index (κ1) is 67.7. The van der Waals surface area contributed by atoms with E-state index in [1.165, 1.54) is 25.0 Å². The lowest BCUT2D eigenvalue weighted by Crippen LogP contribution is -2.37. The molecule has 2 aliphatic rings. The van der Waals surface area contributed by atoms with E-state index in [4.69, 9.17) is 9.47 Å². The van der Waals surface area contributed by atoms with Crippen molar-refractivity contribution in [3.05, 3.63) is 130 Å². The molecule has 8 N–H and O–H groups in total. The van der Waals surface area contributed by atoms with Crippen molar-refractivity contribution in [1.29, 1.82) is 0 Å². The number of hydrogen-bond acceptors (Lipinski definition) is 19. The van der Waals surface area contributed by atoms with Crippen LogP contribution >= 0.6 is 11.8 Å². The van der Waals surface area contributed by atoms with E-state index in [2.05, 4.69) is 72.7 Å². The largest absolute Gasteiger partial charge is 0.492 e. The molecule has 2 aliphatic heterocycles. The van der Waals surface area contributed by atoms with Crippen LogP contribution in [0.2, 0.25) is 0 Å². The molecule has 0 aliphatic carbocycles. The quantitative estimate of drug-likeness (QED) is 0.0419. The van der Waals surface area contributed by atoms with Crippen LogP contribution in [0, 0.1) is 13.8 Å². The van der Waals surface area contributed by atoms with Gasteiger partial charge in [-0.05, 0) is 116 Å². The molecule has 8 rings (SSSR count). The molecule has 0 radical (unpaired) electrons. The van der Waals surface area contributed by atoms with Gasteiger partial charge in [-0.3, -0.25) is 39.9 Å². The molecular formula is C60H82N14O10S4. The van der Waals surface area contributed by atoms with Gasteiger partial charge in [-0.2, -0.15) is 0 Å². The predicted octanol–water partition coefficient (Wildman–Crippen LogP) is 9.44. The molecule has 88 heavy (non-hydrogen) atoms. The summed E-state index contributed by atoms with van der Waals surface area (Å²) >= 11 is 1.70. The second-order valence-electron chi connectivity index (χ2n) is 25.5. The zero-order valence-corrected chi connectivity index (χ0v) is 56.7. The van der Waals surface area contributed by atoms with Crippen LogP contribution in [-0.4, -0.2) is 92.4 Å². The average Bonchev–Trinajstić information content (AvgIpc) is 3.25. The van der Waals surface area contributed by atoms with E-state index in [1.54, 1.807) is 105 Å². The average molecular weight is 1290 g/mol. The number of sulfonamides is 2. The summed E-state index contributed by atoms with van der Waals surface area (Å²) in [7, 11) is -4.45. The zero-order valence-electron chi connectivity index (χ0n) is 53.5. The first-order chi connectivity index (χ1) is 40.5. The lowest BCUT2D eigenvalue weighted by Gasteiger charge is -2.24. The van der Waals surface area contributed by atoms with Gasteiger partial charge in [0.1, 0.15) is 0 Å². The monoisotopic (exact) mass is 1290 g/mol. The number of aromatic nitrogens is 4. The molecule has 0 saturated heterocycles. The normalized spacial score (nSPS) is 14.0. The number of aryl methyl sites for hydroxylation is 2. The molecule has 2 aromatic heterocycles. The van der Waals surface area contributed by atoms with Crippen LogP contribution in [-0.2, 0) is 54.8 Å². The maximum atomic E-state index is 13.6. The van der Waals surface area contributed by atoms with Crippen LogP contribution in [0.3, 0.4) is 0 Å². The highest BCUT2D eigenvalue weighted by Crippen LogP contribution is 2.42. The van der Waals surface area contributed by atoms with Gasteiger partial charge in [0.05, 0.1) is 113 Å². The zero-order chi connectivity index (χ0) is 65.6. The number of methoxy groups -OCH3 is 2. The molecule has 4 aromatic carbocycles. The standard InChI is InChI=1S/C30H41N7O6S2.C30H41N7O4S2/c1-18-11-12-19(27(38)32-21-14-20(29(2,3)4)15-22(26(21)43-9)34-44(10,39)40)13-24(18)37-17-23(33-35-37)25-16-31-28(36(25)8)45(41,42)30(5,6)7;1-18-11-12-19(13-24(18)37-17-23(33-35-37)25-16-31-28(36(25)8)42-30(5,6)7)27(38)32-21-14-20(29(2,3)4)15-22(26(21)41-9)34-43(10,39)40/h11-17,33-35H,1-10H3,(H,32,38);11-17,33-35H,1-10H3,(H,32,38). The van der Waals surface area contributed by atoms with Gasteiger partial charge in [0.25, 0.3) is 11.8 Å². The molecule has 4 heterocycles. The lowest BCUT2D eigenvalue weighted by atomic mass is 9.86. The molecule has 0 saturated carbocycles. The van der Waals surface area contributed by atoms with Crippen LogP contribution in [0.4, 0.5) is 34.1 Å². The summed E-state index contributed by atoms with van der Waals surface area (Å²) in [6, 6.07) is 17.6. The number of ether oxygens (including phenoxy) is 2. The van der Waals surface area contributed by atoms with Crippen molar-refractivity contribution in [2.45, 2.75) is 128 Å². The van der Waals surface area contributed by atoms with Gasteiger partial charge >= 0.3 is 0 Å². The van der Waals surface area contributed by atoms with Crippen molar-refractivity contribution >= 4 is 99.0 Å². The van der Waals surface area contributed by atoms with Crippen molar-refractivity contribution in [2.75, 3.05) is 56.8 Å². The summed E-state index contributed by atoms with van der Waals surface area (Å²) in [5.74, 6) is -0.415. The van der Waals surface area contributed by atoms with Crippen LogP contribution in [0.25, 0.3) is 11.4 Å². The van der Waals surface area contributed by atoms with E-state index >= 15 is 0 Å². The first-order valence-electron chi connectivity index (χ1n) is 27.8. The number of hydrogen-bond donors (Lipinski definition) is 8. The molecule has 476 valence electrons. The number of nitrogens with one attached hydrogen (secondary N) is 8. The minimum absolute atomic E-state index is 0.0279. The lowest BCUT2D eigenvalue weighted by molar-refractivity contribution is 0.101. The Kier molecular flexibility index (Phi) is 19.3. The summed E-state index contributed by atoms with van der Waals surface area (Å²) in [6.07, 6.45) is 9.11. The van der Waals surface area contributed by atoms with Crippen LogP contribution in [0.5, 0.6) is 11.5 Å². The van der Waals surface area contributed by atoms with Crippen LogP contribution in [0.1, 0.15) is 137 Å². The number of carbonyl (C=O) groups excluding carboxylic acids is 2. The molecule has 24 nitrogen and oxygen atoms in total. The molecule has 0 bridgehead atoms. The number of nitrogens with zero attached hydrogens (tertiary/aromatic N) is 6. The Hall–Kier alpha value is -7.76. The Labute approximate surface area is 521 Å². The van der Waals surface area contributed by atoms with E-state index in [-0.39, 0.29) is 49.5 Å². The highest BCUT2D eigenvalue weighted by molar-refractivity contribution is 8.00. The van der Waals surface area contributed by atoms with Crippen LogP contribution in [0.15, 0.2) is 95.8 Å². The van der Waals surface area contributed by atoms with Gasteiger partial charge in [0, 0.05) is 30.0 Å². The predicted molar refractivity (Wildman–Crippen MR) is 351 cm³/mol. The summed E-state index contributed by atoms with van der Waals surface area (Å²) in [4.78, 5) is 36.0. The summed E-state index contributed by atoms with van der Waals surface area (Å²) in [6.45, 7) is 27.1. The number of carbonyl (C=O) groups is 2. The van der Waals surface area contributed by atoms with Gasteiger partial charge in [-0.25, -0.2) is 35.2 Å². The third kappa shape index (κ3) is 15.7. The van der Waals surface area contributed by atoms with Crippen LogP contribution < -0.4 is 61.5 Å². The molecule has 0 unspecified atom stereocenters. The SMILES string of the molecule is COc1c(NC(=O)c2ccc(C)c(N3C=C(c4cnc(S(=O)(=O)C(C)(C)C)n4C)NN3)c2)cc(C(C)(C)C)cc1NS(C)(=O)=O.COc1c(NC(=O)c2ccc(C)c(N3C=C(c4cnc(SC(C)(C)C)n4C)NN3)c2)cc(C(C)(C)C)cc1NS(C)(=O)=O. The number of amides is 2. The summed E-state index contributed by atoms with van der Waals surface area (Å²) < 4.78 is 93.1. The van der Waals surface area contributed by atoms with Gasteiger partial charge in [-0.1, -0.05) is 86.2 Å². The number of rotatable bonds is 16. The van der Waals surface area contributed by atoms with Crippen molar-refractivity contribution in [2.24, 2.45) is 14.1 Å². The Morgan fingerprint density at radius 3 is 1.31 bits per heavy atom. The van der Waals surface area contributed by atoms with Gasteiger partial charge in [0.15, 0.2) is 16.7 Å². The minimum atomic E-state index is -3.68. The number of benzene rings is 4. The van der Waals surface area contributed by atoms with E-state index < -0.39 is 40.5 Å². The fourth-order valence-corrected chi connectivity index (χ4v) is 12.2. The molecule has 28 heteroatoms. The van der Waals surface area contributed by atoms with Crippen molar-refractivity contribution in [1.82, 2.24) is 41.0 Å². The minimum Gasteiger partial charge on any atom is -0.492 e. The van der Waals surface area contributed by atoms with E-state index in [9.17, 15) is 34.8 Å². The first-order valence-corrected chi connectivity index (χ1v) is 33.9. The van der Waals surface area contributed by atoms with E-state index in [1.807, 2.05) is 90.5 Å². The van der Waals surface area contributed by atoms with Crippen molar-refractivity contribution in [3.8, 4) is 11.5 Å². The van der Waals surface area contributed by atoms with Gasteiger partial charge in [-0.15, -0.1) is 11.1 Å². The fourth-order valence-electron chi connectivity index (χ4n) is 9.04. The van der Waals surface area contributed by atoms with Crippen molar-refractivity contribution < 1.29 is 44.3 Å². The molecule has 0 spiro atoms. The van der Waals surface area contributed by atoms with Gasteiger partial charge in [0.2, 0.25) is 35.0 Å².